The number of carbonyl (C=O) groups excluding carboxylic acids is 1. The predicted octanol–water partition coefficient (Wildman–Crippen LogP) is 2.51. The van der Waals surface area contributed by atoms with Gasteiger partial charge in [-0.15, -0.1) is 0 Å². The van der Waals surface area contributed by atoms with Gasteiger partial charge in [0, 0.05) is 37.9 Å². The van der Waals surface area contributed by atoms with E-state index in [4.69, 9.17) is 4.42 Å². The summed E-state index contributed by atoms with van der Waals surface area (Å²) in [5.74, 6) is 1.87. The maximum absolute atomic E-state index is 12.8. The van der Waals surface area contributed by atoms with Crippen LogP contribution in [0.15, 0.2) is 47.3 Å². The molecule has 4 heterocycles. The highest BCUT2D eigenvalue weighted by atomic mass is 16.3. The van der Waals surface area contributed by atoms with Gasteiger partial charge in [-0.1, -0.05) is 6.07 Å². The minimum absolute atomic E-state index is 0.128. The van der Waals surface area contributed by atoms with Crippen LogP contribution in [0.3, 0.4) is 0 Å². The molecule has 0 aromatic carbocycles. The van der Waals surface area contributed by atoms with Gasteiger partial charge < -0.3 is 9.32 Å². The first-order valence-corrected chi connectivity index (χ1v) is 8.73. The molecule has 2 aromatic rings. The van der Waals surface area contributed by atoms with Crippen molar-refractivity contribution < 1.29 is 9.21 Å². The second kappa shape index (κ2) is 6.77. The Bertz CT molecular complexity index is 665. The Morgan fingerprint density at radius 1 is 1.25 bits per heavy atom. The van der Waals surface area contributed by atoms with E-state index >= 15 is 0 Å². The maximum Gasteiger partial charge on any atom is 0.227 e. The van der Waals surface area contributed by atoms with Crippen molar-refractivity contribution in [3.8, 4) is 0 Å². The molecule has 2 aromatic heterocycles. The number of amides is 1. The Morgan fingerprint density at radius 3 is 2.92 bits per heavy atom. The molecular weight excluding hydrogens is 302 g/mol. The smallest absolute Gasteiger partial charge is 0.227 e. The van der Waals surface area contributed by atoms with E-state index in [0.717, 1.165) is 51.3 Å². The lowest BCUT2D eigenvalue weighted by Gasteiger charge is -2.43. The third kappa shape index (κ3) is 3.22. The van der Waals surface area contributed by atoms with Crippen molar-refractivity contribution in [1.29, 1.82) is 0 Å². The number of piperidine rings is 1. The molecule has 2 saturated heterocycles. The van der Waals surface area contributed by atoms with E-state index in [1.54, 1.807) is 12.5 Å². The molecule has 2 aliphatic rings. The van der Waals surface area contributed by atoms with Crippen LogP contribution in [-0.2, 0) is 11.3 Å². The minimum Gasteiger partial charge on any atom is -0.468 e. The zero-order valence-electron chi connectivity index (χ0n) is 13.8. The van der Waals surface area contributed by atoms with Gasteiger partial charge in [-0.05, 0) is 43.1 Å². The van der Waals surface area contributed by atoms with Gasteiger partial charge in [-0.2, -0.15) is 0 Å². The number of rotatable bonds is 4. The van der Waals surface area contributed by atoms with E-state index in [2.05, 4.69) is 16.0 Å². The van der Waals surface area contributed by atoms with Crippen molar-refractivity contribution in [3.05, 3.63) is 54.2 Å². The molecule has 4 rings (SSSR count). The summed E-state index contributed by atoms with van der Waals surface area (Å²) in [6.45, 7) is 4.35. The molecular formula is C19H23N3O2. The van der Waals surface area contributed by atoms with Crippen molar-refractivity contribution in [2.45, 2.75) is 25.3 Å². The van der Waals surface area contributed by atoms with Crippen LogP contribution in [0.2, 0.25) is 0 Å². The topological polar surface area (TPSA) is 49.6 Å². The third-order valence-corrected chi connectivity index (χ3v) is 5.16. The van der Waals surface area contributed by atoms with E-state index < -0.39 is 0 Å². The SMILES string of the molecule is O=C([C@@H]1CCCN(Cc2ccco2)C1)N1CC(c2cccnc2)C1. The highest BCUT2D eigenvalue weighted by Gasteiger charge is 2.36. The summed E-state index contributed by atoms with van der Waals surface area (Å²) in [4.78, 5) is 21.3. The summed E-state index contributed by atoms with van der Waals surface area (Å²) in [6.07, 6.45) is 7.50. The highest BCUT2D eigenvalue weighted by Crippen LogP contribution is 2.29. The van der Waals surface area contributed by atoms with Crippen molar-refractivity contribution in [2.75, 3.05) is 26.2 Å². The van der Waals surface area contributed by atoms with Crippen LogP contribution in [0.4, 0.5) is 0 Å². The number of nitrogens with zero attached hydrogens (tertiary/aromatic N) is 3. The number of carbonyl (C=O) groups is 1. The molecule has 2 fully saturated rings. The van der Waals surface area contributed by atoms with E-state index in [0.29, 0.717) is 11.8 Å². The van der Waals surface area contributed by atoms with Gasteiger partial charge in [0.1, 0.15) is 5.76 Å². The van der Waals surface area contributed by atoms with Crippen LogP contribution in [0.1, 0.15) is 30.1 Å². The molecule has 0 aliphatic carbocycles. The summed E-state index contributed by atoms with van der Waals surface area (Å²) in [5.41, 5.74) is 1.24. The zero-order chi connectivity index (χ0) is 16.4. The van der Waals surface area contributed by atoms with E-state index in [1.165, 1.54) is 5.56 Å². The van der Waals surface area contributed by atoms with Crippen molar-refractivity contribution >= 4 is 5.91 Å². The Balaban J connectivity index is 1.30. The molecule has 1 amide bonds. The molecule has 1 atom stereocenters. The van der Waals surface area contributed by atoms with Gasteiger partial charge in [0.25, 0.3) is 0 Å². The number of likely N-dealkylation sites (tertiary alicyclic amines) is 2. The number of hydrogen-bond donors (Lipinski definition) is 0. The van der Waals surface area contributed by atoms with Gasteiger partial charge >= 0.3 is 0 Å². The van der Waals surface area contributed by atoms with Crippen LogP contribution in [0.5, 0.6) is 0 Å². The van der Waals surface area contributed by atoms with Crippen LogP contribution in [0, 0.1) is 5.92 Å². The van der Waals surface area contributed by atoms with Crippen molar-refractivity contribution in [1.82, 2.24) is 14.8 Å². The number of aromatic nitrogens is 1. The molecule has 0 saturated carbocycles. The monoisotopic (exact) mass is 325 g/mol. The normalized spacial score (nSPS) is 22.3. The van der Waals surface area contributed by atoms with Gasteiger partial charge in [0.2, 0.25) is 5.91 Å². The molecule has 5 heteroatoms. The first-order chi connectivity index (χ1) is 11.8. The Hall–Kier alpha value is -2.14. The van der Waals surface area contributed by atoms with Crippen molar-refractivity contribution in [2.24, 2.45) is 5.92 Å². The largest absolute Gasteiger partial charge is 0.468 e. The number of pyridine rings is 1. The molecule has 0 unspecified atom stereocenters. The fraction of sp³-hybridized carbons (Fsp3) is 0.474. The van der Waals surface area contributed by atoms with Gasteiger partial charge in [-0.3, -0.25) is 14.7 Å². The molecule has 2 aliphatic heterocycles. The lowest BCUT2D eigenvalue weighted by Crippen LogP contribution is -2.53. The van der Waals surface area contributed by atoms with Crippen LogP contribution < -0.4 is 0 Å². The number of hydrogen-bond acceptors (Lipinski definition) is 4. The Kier molecular flexibility index (Phi) is 4.34. The summed E-state index contributed by atoms with van der Waals surface area (Å²) >= 11 is 0. The highest BCUT2D eigenvalue weighted by molar-refractivity contribution is 5.80. The molecule has 0 bridgehead atoms. The van der Waals surface area contributed by atoms with Crippen LogP contribution >= 0.6 is 0 Å². The average molecular weight is 325 g/mol. The van der Waals surface area contributed by atoms with Crippen LogP contribution in [0.25, 0.3) is 0 Å². The molecule has 0 radical (unpaired) electrons. The molecule has 126 valence electrons. The lowest BCUT2D eigenvalue weighted by molar-refractivity contribution is -0.142. The molecule has 0 spiro atoms. The zero-order valence-corrected chi connectivity index (χ0v) is 13.8. The predicted molar refractivity (Wildman–Crippen MR) is 90.3 cm³/mol. The first kappa shape index (κ1) is 15.4. The quantitative estimate of drug-likeness (QED) is 0.867. The lowest BCUT2D eigenvalue weighted by atomic mass is 9.89. The average Bonchev–Trinajstić information content (AvgIpc) is 3.08. The molecule has 5 nitrogen and oxygen atoms in total. The Labute approximate surface area is 142 Å². The Morgan fingerprint density at radius 2 is 2.17 bits per heavy atom. The first-order valence-electron chi connectivity index (χ1n) is 8.73. The molecule has 24 heavy (non-hydrogen) atoms. The van der Waals surface area contributed by atoms with E-state index in [-0.39, 0.29) is 5.92 Å². The van der Waals surface area contributed by atoms with Crippen molar-refractivity contribution in [3.63, 3.8) is 0 Å². The minimum atomic E-state index is 0.128. The van der Waals surface area contributed by atoms with Gasteiger partial charge in [-0.25, -0.2) is 0 Å². The third-order valence-electron chi connectivity index (χ3n) is 5.16. The second-order valence-electron chi connectivity index (χ2n) is 6.88. The van der Waals surface area contributed by atoms with Crippen LogP contribution in [-0.4, -0.2) is 46.9 Å². The summed E-state index contributed by atoms with van der Waals surface area (Å²) in [7, 11) is 0. The van der Waals surface area contributed by atoms with E-state index in [9.17, 15) is 4.79 Å². The molecule has 0 N–H and O–H groups in total. The fourth-order valence-electron chi connectivity index (χ4n) is 3.77. The van der Waals surface area contributed by atoms with Gasteiger partial charge in [0.15, 0.2) is 0 Å². The summed E-state index contributed by atoms with van der Waals surface area (Å²) in [6, 6.07) is 7.98. The second-order valence-corrected chi connectivity index (χ2v) is 6.88. The standard InChI is InChI=1S/C19H23N3O2/c23-19(22-12-17(13-22)15-4-1-7-20-10-15)16-5-2-8-21(11-16)14-18-6-3-9-24-18/h1,3-4,6-7,9-10,16-17H,2,5,8,11-14H2/t16-/m1/s1. The summed E-state index contributed by atoms with van der Waals surface area (Å²) in [5, 5.41) is 0. The van der Waals surface area contributed by atoms with E-state index in [1.807, 2.05) is 29.3 Å². The summed E-state index contributed by atoms with van der Waals surface area (Å²) < 4.78 is 5.43. The maximum atomic E-state index is 12.8. The number of furan rings is 1. The fourth-order valence-corrected chi connectivity index (χ4v) is 3.77. The van der Waals surface area contributed by atoms with Gasteiger partial charge in [0.05, 0.1) is 18.7 Å².